The average molecular weight is 324 g/mol. The van der Waals surface area contributed by atoms with Gasteiger partial charge in [-0.2, -0.15) is 5.01 Å². The number of rotatable bonds is 5. The molecule has 2 aromatic carbocycles. The molecule has 1 aliphatic rings. The number of carbonyl (C=O) groups is 2. The fourth-order valence-corrected chi connectivity index (χ4v) is 2.70. The maximum atomic E-state index is 12.6. The summed E-state index contributed by atoms with van der Waals surface area (Å²) in [6.45, 7) is 3.92. The molecule has 1 fully saturated rings. The summed E-state index contributed by atoms with van der Waals surface area (Å²) in [6.07, 6.45) is 0.263. The van der Waals surface area contributed by atoms with Gasteiger partial charge in [-0.3, -0.25) is 15.0 Å². The topological polar surface area (TPSA) is 58.6 Å². The van der Waals surface area contributed by atoms with Crippen molar-refractivity contribution in [3.05, 3.63) is 60.2 Å². The number of nitrogens with one attached hydrogen (secondary N) is 1. The molecule has 2 aromatic rings. The zero-order valence-corrected chi connectivity index (χ0v) is 13.7. The highest BCUT2D eigenvalue weighted by atomic mass is 16.5. The van der Waals surface area contributed by atoms with Gasteiger partial charge in [-0.05, 0) is 43.7 Å². The van der Waals surface area contributed by atoms with E-state index in [0.717, 1.165) is 16.3 Å². The first kappa shape index (κ1) is 16.1. The Labute approximate surface area is 141 Å². The molecule has 24 heavy (non-hydrogen) atoms. The van der Waals surface area contributed by atoms with Gasteiger partial charge in [0, 0.05) is 6.42 Å². The predicted molar refractivity (Wildman–Crippen MR) is 91.5 cm³/mol. The Morgan fingerprint density at radius 3 is 2.33 bits per heavy atom. The van der Waals surface area contributed by atoms with Gasteiger partial charge >= 0.3 is 0 Å². The van der Waals surface area contributed by atoms with Gasteiger partial charge in [0.2, 0.25) is 5.91 Å². The normalized spacial score (nSPS) is 17.5. The summed E-state index contributed by atoms with van der Waals surface area (Å²) in [5.41, 5.74) is 4.42. The van der Waals surface area contributed by atoms with Crippen LogP contribution in [0.25, 0.3) is 0 Å². The van der Waals surface area contributed by atoms with Crippen LogP contribution in [0.4, 0.5) is 5.69 Å². The average Bonchev–Trinajstić information content (AvgIpc) is 2.84. The molecule has 0 unspecified atom stereocenters. The Bertz CT molecular complexity index is 726. The molecule has 0 aliphatic carbocycles. The lowest BCUT2D eigenvalue weighted by atomic mass is 9.97. The van der Waals surface area contributed by atoms with Gasteiger partial charge in [0.25, 0.3) is 5.91 Å². The molecule has 1 N–H and O–H groups in total. The number of imide groups is 1. The molecular formula is C19H20N2O3. The van der Waals surface area contributed by atoms with Crippen molar-refractivity contribution in [3.63, 3.8) is 0 Å². The number of ether oxygens (including phenoxy) is 1. The minimum atomic E-state index is -0.457. The molecule has 1 atom stereocenters. The number of nitrogens with zero attached hydrogens (tertiary/aromatic N) is 1. The Morgan fingerprint density at radius 2 is 1.71 bits per heavy atom. The molecular weight excluding hydrogens is 304 g/mol. The van der Waals surface area contributed by atoms with E-state index in [1.807, 2.05) is 68.4 Å². The molecule has 2 amide bonds. The maximum absolute atomic E-state index is 12.6. The van der Waals surface area contributed by atoms with E-state index >= 15 is 0 Å². The van der Waals surface area contributed by atoms with Crippen LogP contribution in [0.2, 0.25) is 0 Å². The number of carbonyl (C=O) groups excluding carboxylic acids is 2. The van der Waals surface area contributed by atoms with Crippen LogP contribution >= 0.6 is 0 Å². The molecule has 0 aromatic heterocycles. The molecule has 1 heterocycles. The van der Waals surface area contributed by atoms with Crippen LogP contribution < -0.4 is 10.2 Å². The summed E-state index contributed by atoms with van der Waals surface area (Å²) in [5.74, 6) is -0.163. The second-order valence-electron chi connectivity index (χ2n) is 6.04. The summed E-state index contributed by atoms with van der Waals surface area (Å²) in [6, 6.07) is 16.6. The van der Waals surface area contributed by atoms with Gasteiger partial charge in [-0.15, -0.1) is 0 Å². The molecule has 0 saturated carbocycles. The van der Waals surface area contributed by atoms with Crippen molar-refractivity contribution in [3.8, 4) is 5.75 Å². The van der Waals surface area contributed by atoms with Crippen molar-refractivity contribution >= 4 is 17.5 Å². The summed E-state index contributed by atoms with van der Waals surface area (Å²) >= 11 is 0. The lowest BCUT2D eigenvalue weighted by molar-refractivity contribution is -0.137. The minimum Gasteiger partial charge on any atom is -0.491 e. The molecule has 0 bridgehead atoms. The van der Waals surface area contributed by atoms with E-state index in [1.54, 1.807) is 0 Å². The summed E-state index contributed by atoms with van der Waals surface area (Å²) in [4.78, 5) is 24.8. The van der Waals surface area contributed by atoms with Crippen molar-refractivity contribution in [2.75, 3.05) is 5.43 Å². The molecule has 5 nitrogen and oxygen atoms in total. The van der Waals surface area contributed by atoms with Crippen LogP contribution in [0.1, 0.15) is 31.7 Å². The van der Waals surface area contributed by atoms with Crippen LogP contribution in [0, 0.1) is 0 Å². The van der Waals surface area contributed by atoms with E-state index in [9.17, 15) is 9.59 Å². The number of hydrogen-bond donors (Lipinski definition) is 1. The van der Waals surface area contributed by atoms with E-state index in [0.29, 0.717) is 5.69 Å². The molecule has 0 radical (unpaired) electrons. The number of benzene rings is 2. The smallest absolute Gasteiger partial charge is 0.256 e. The SMILES string of the molecule is CC(C)Oc1ccc([C@H]2CC(=O)N(Nc3ccccc3)C2=O)cc1. The van der Waals surface area contributed by atoms with E-state index < -0.39 is 5.92 Å². The largest absolute Gasteiger partial charge is 0.491 e. The fraction of sp³-hybridized carbons (Fsp3) is 0.263. The first-order valence-electron chi connectivity index (χ1n) is 7.99. The molecule has 1 aliphatic heterocycles. The number of hydrogen-bond acceptors (Lipinski definition) is 4. The van der Waals surface area contributed by atoms with Crippen LogP contribution in [0.3, 0.4) is 0 Å². The standard InChI is InChI=1S/C19H20N2O3/c1-13(2)24-16-10-8-14(9-11-16)17-12-18(22)21(19(17)23)20-15-6-4-3-5-7-15/h3-11,13,17,20H,12H2,1-2H3/t17-/m1/s1. The lowest BCUT2D eigenvalue weighted by Gasteiger charge is -2.17. The van der Waals surface area contributed by atoms with Crippen molar-refractivity contribution in [2.45, 2.75) is 32.3 Å². The first-order chi connectivity index (χ1) is 11.5. The van der Waals surface area contributed by atoms with Crippen molar-refractivity contribution < 1.29 is 14.3 Å². The summed E-state index contributed by atoms with van der Waals surface area (Å²) in [7, 11) is 0. The molecule has 124 valence electrons. The van der Waals surface area contributed by atoms with E-state index in [4.69, 9.17) is 4.74 Å². The minimum absolute atomic E-state index is 0.0936. The second-order valence-corrected chi connectivity index (χ2v) is 6.04. The Kier molecular flexibility index (Phi) is 4.51. The third-order valence-corrected chi connectivity index (χ3v) is 3.82. The highest BCUT2D eigenvalue weighted by Gasteiger charge is 2.39. The van der Waals surface area contributed by atoms with E-state index in [-0.39, 0.29) is 24.3 Å². The summed E-state index contributed by atoms with van der Waals surface area (Å²) in [5, 5.41) is 1.11. The van der Waals surface area contributed by atoms with Gasteiger partial charge in [0.15, 0.2) is 0 Å². The van der Waals surface area contributed by atoms with Crippen LogP contribution in [-0.4, -0.2) is 22.9 Å². The van der Waals surface area contributed by atoms with Gasteiger partial charge in [-0.25, -0.2) is 0 Å². The van der Waals surface area contributed by atoms with Crippen LogP contribution in [-0.2, 0) is 9.59 Å². The predicted octanol–water partition coefficient (Wildman–Crippen LogP) is 3.34. The number of hydrazine groups is 1. The van der Waals surface area contributed by atoms with E-state index in [2.05, 4.69) is 5.43 Å². The fourth-order valence-electron chi connectivity index (χ4n) is 2.70. The van der Waals surface area contributed by atoms with Crippen molar-refractivity contribution in [1.82, 2.24) is 5.01 Å². The lowest BCUT2D eigenvalue weighted by Crippen LogP contribution is -2.35. The molecule has 3 rings (SSSR count). The van der Waals surface area contributed by atoms with E-state index in [1.165, 1.54) is 0 Å². The zero-order valence-electron chi connectivity index (χ0n) is 13.7. The highest BCUT2D eigenvalue weighted by Crippen LogP contribution is 2.31. The van der Waals surface area contributed by atoms with Crippen molar-refractivity contribution in [1.29, 1.82) is 0 Å². The molecule has 5 heteroatoms. The third kappa shape index (κ3) is 3.40. The zero-order chi connectivity index (χ0) is 17.1. The van der Waals surface area contributed by atoms with Crippen molar-refractivity contribution in [2.24, 2.45) is 0 Å². The maximum Gasteiger partial charge on any atom is 0.256 e. The Balaban J connectivity index is 1.73. The van der Waals surface area contributed by atoms with Gasteiger partial charge in [0.1, 0.15) is 5.75 Å². The molecule has 0 spiro atoms. The van der Waals surface area contributed by atoms with Crippen LogP contribution in [0.15, 0.2) is 54.6 Å². The van der Waals surface area contributed by atoms with Gasteiger partial charge in [-0.1, -0.05) is 30.3 Å². The highest BCUT2D eigenvalue weighted by molar-refractivity contribution is 6.07. The monoisotopic (exact) mass is 324 g/mol. The van der Waals surface area contributed by atoms with Gasteiger partial charge in [0.05, 0.1) is 17.7 Å². The molecule has 1 saturated heterocycles. The summed E-state index contributed by atoms with van der Waals surface area (Å²) < 4.78 is 5.61. The number of anilines is 1. The number of para-hydroxylation sites is 1. The quantitative estimate of drug-likeness (QED) is 0.857. The second kappa shape index (κ2) is 6.74. The Hall–Kier alpha value is -2.82. The third-order valence-electron chi connectivity index (χ3n) is 3.82. The number of amides is 2. The Morgan fingerprint density at radius 1 is 1.04 bits per heavy atom. The van der Waals surface area contributed by atoms with Gasteiger partial charge < -0.3 is 4.74 Å². The first-order valence-corrected chi connectivity index (χ1v) is 7.99. The van der Waals surface area contributed by atoms with Crippen LogP contribution in [0.5, 0.6) is 5.75 Å².